The second-order valence-electron chi connectivity index (χ2n) is 1.45. The van der Waals surface area contributed by atoms with Crippen LogP contribution in [0.5, 0.6) is 0 Å². The molecule has 0 rings (SSSR count). The monoisotopic (exact) mass is 349 g/mol. The predicted molar refractivity (Wildman–Crippen MR) is 45.5 cm³/mol. The molecule has 0 radical (unpaired) electrons. The van der Waals surface area contributed by atoms with Crippen LogP contribution in [0.15, 0.2) is 0 Å². The summed E-state index contributed by atoms with van der Waals surface area (Å²) < 4.78 is 49.2. The summed E-state index contributed by atoms with van der Waals surface area (Å²) in [5, 5.41) is 0. The molecule has 0 aromatic carbocycles. The maximum atomic E-state index is 8.88. The molecule has 13 nitrogen and oxygen atoms in total. The number of hydrogen-bond acceptors (Lipinski definition) is 6. The van der Waals surface area contributed by atoms with Gasteiger partial charge in [0.15, 0.2) is 0 Å². The Bertz CT molecular complexity index is 289. The summed E-state index contributed by atoms with van der Waals surface area (Å²) >= 11 is 0. The molecule has 0 amide bonds. The first-order valence-corrected chi connectivity index (χ1v) is 6.74. The molecule has 0 aliphatic heterocycles. The molecule has 0 unspecified atom stereocenters. The van der Waals surface area contributed by atoms with Crippen LogP contribution in [-0.4, -0.2) is 42.0 Å². The van der Waals surface area contributed by atoms with Crippen LogP contribution >= 0.6 is 15.6 Å². The average Bonchev–Trinajstić information content (AvgIpc) is 1.41. The molecule has 0 spiro atoms. The molecule has 0 heterocycles. The summed E-state index contributed by atoms with van der Waals surface area (Å²) in [6, 6.07) is 0. The van der Waals surface area contributed by atoms with E-state index in [2.05, 4.69) is 0 Å². The molecule has 0 aliphatic carbocycles. The Morgan fingerprint density at radius 1 is 0.882 bits per heavy atom. The molecule has 0 bridgehead atoms. The van der Waals surface area contributed by atoms with Crippen molar-refractivity contribution in [3.05, 3.63) is 0 Å². The third-order valence-corrected chi connectivity index (χ3v) is 0. The quantitative estimate of drug-likeness (QED) is 0.115. The minimum Gasteiger partial charge on any atom is -0.756 e. The second kappa shape index (κ2) is 12.7. The standard InChI is InChI=1S/K.H3N.2H3O4P.H2O4S/c;;3*1-5(2,3)4/h;1H3;2*(H3,1,2,3,4);(H2,1,2,3,4)/q+1;;;;/p-1. The Labute approximate surface area is 138 Å². The fourth-order valence-electron chi connectivity index (χ4n) is 0. The summed E-state index contributed by atoms with van der Waals surface area (Å²) in [6.45, 7) is 0. The van der Waals surface area contributed by atoms with Gasteiger partial charge in [-0.1, -0.05) is 0 Å². The molecule has 0 atom stereocenters. The van der Waals surface area contributed by atoms with E-state index in [4.69, 9.17) is 56.0 Å². The van der Waals surface area contributed by atoms with E-state index in [0.29, 0.717) is 0 Å². The summed E-state index contributed by atoms with van der Waals surface area (Å²) in [7, 11) is -14.2. The molecule has 0 saturated heterocycles. The van der Waals surface area contributed by atoms with Gasteiger partial charge in [-0.15, -0.1) is 0 Å². The van der Waals surface area contributed by atoms with Crippen molar-refractivity contribution in [3.63, 3.8) is 0 Å². The molecule has 10 N–H and O–H groups in total. The first-order chi connectivity index (χ1) is 6.00. The zero-order valence-corrected chi connectivity index (χ0v) is 13.9. The van der Waals surface area contributed by atoms with E-state index in [1.807, 2.05) is 0 Å². The minimum atomic E-state index is -4.89. The van der Waals surface area contributed by atoms with Crippen molar-refractivity contribution in [2.45, 2.75) is 0 Å². The first kappa shape index (κ1) is 31.2. The van der Waals surface area contributed by atoms with Gasteiger partial charge in [-0.2, -0.15) is 8.42 Å². The fourth-order valence-corrected chi connectivity index (χ4v) is 0. The van der Waals surface area contributed by atoms with E-state index in [1.54, 1.807) is 0 Å². The first-order valence-electron chi connectivity index (χ1n) is 2.25. The van der Waals surface area contributed by atoms with Gasteiger partial charge >= 0.3 is 69.6 Å². The van der Waals surface area contributed by atoms with Crippen LogP contribution in [0.4, 0.5) is 0 Å². The van der Waals surface area contributed by atoms with E-state index in [0.717, 1.165) is 0 Å². The van der Waals surface area contributed by atoms with Gasteiger partial charge in [0, 0.05) is 0 Å². The van der Waals surface area contributed by atoms with Crippen LogP contribution in [0.1, 0.15) is 0 Å². The van der Waals surface area contributed by atoms with Crippen LogP contribution in [0.3, 0.4) is 0 Å². The summed E-state index contributed by atoms with van der Waals surface area (Å²) in [5.41, 5.74) is 0. The summed E-state index contributed by atoms with van der Waals surface area (Å²) in [5.74, 6) is 0. The Morgan fingerprint density at radius 3 is 0.882 bits per heavy atom. The van der Waals surface area contributed by atoms with Crippen molar-refractivity contribution in [1.82, 2.24) is 6.15 Å². The van der Waals surface area contributed by atoms with Gasteiger partial charge in [-0.05, 0) is 0 Å². The molecule has 0 aromatic rings. The van der Waals surface area contributed by atoms with E-state index < -0.39 is 26.0 Å². The van der Waals surface area contributed by atoms with Gasteiger partial charge in [0.05, 0.1) is 0 Å². The average molecular weight is 349 g/mol. The molecule has 0 fully saturated rings. The topological polar surface area (TPSA) is 268 Å². The SMILES string of the molecule is N.O=P(O)(O)O.O=P([O-])(O)O.O=S(=O)(O)O.[K+]. The predicted octanol–water partition coefficient (Wildman–Crippen LogP) is -5.98. The van der Waals surface area contributed by atoms with Gasteiger partial charge in [-0.25, -0.2) is 4.57 Å². The van der Waals surface area contributed by atoms with E-state index in [9.17, 15) is 0 Å². The zero-order valence-electron chi connectivity index (χ0n) is 8.18. The molecular weight excluding hydrogens is 339 g/mol. The van der Waals surface area contributed by atoms with Gasteiger partial charge in [0.1, 0.15) is 0 Å². The Morgan fingerprint density at radius 2 is 0.882 bits per heavy atom. The summed E-state index contributed by atoms with van der Waals surface area (Å²) in [6.07, 6.45) is 0. The van der Waals surface area contributed by atoms with Crippen LogP contribution < -0.4 is 62.4 Å². The van der Waals surface area contributed by atoms with Crippen LogP contribution in [-0.2, 0) is 19.5 Å². The van der Waals surface area contributed by atoms with Gasteiger partial charge in [-0.3, -0.25) is 13.7 Å². The van der Waals surface area contributed by atoms with Crippen molar-refractivity contribution >= 4 is 26.0 Å². The Kier molecular flexibility index (Phi) is 23.3. The van der Waals surface area contributed by atoms with Crippen molar-refractivity contribution in [3.8, 4) is 0 Å². The normalized spacial score (nSPS) is 10.4. The molecule has 17 heavy (non-hydrogen) atoms. The molecular formula is H10KNO12P2S. The fraction of sp³-hybridized carbons (Fsp3) is 0. The maximum absolute atomic E-state index is 8.88. The Hall–Kier alpha value is 1.69. The number of phosphoric acid groups is 2. The van der Waals surface area contributed by atoms with E-state index in [1.165, 1.54) is 0 Å². The van der Waals surface area contributed by atoms with E-state index >= 15 is 0 Å². The molecule has 0 aliphatic rings. The number of hydrogen-bond donors (Lipinski definition) is 8. The second-order valence-corrected chi connectivity index (χ2v) is 4.36. The third-order valence-electron chi connectivity index (χ3n) is 0. The van der Waals surface area contributed by atoms with Crippen LogP contribution in [0.25, 0.3) is 0 Å². The molecule has 17 heteroatoms. The molecule has 104 valence electrons. The van der Waals surface area contributed by atoms with Crippen molar-refractivity contribution < 1.29 is 107 Å². The summed E-state index contributed by atoms with van der Waals surface area (Å²) in [4.78, 5) is 44.5. The smallest absolute Gasteiger partial charge is 0.756 e. The van der Waals surface area contributed by atoms with Crippen molar-refractivity contribution in [2.75, 3.05) is 0 Å². The van der Waals surface area contributed by atoms with Crippen molar-refractivity contribution in [2.24, 2.45) is 0 Å². The third kappa shape index (κ3) is 1530. The zero-order chi connectivity index (χ0) is 13.5. The molecule has 0 aromatic heterocycles. The van der Waals surface area contributed by atoms with Gasteiger partial charge in [0.25, 0.3) is 7.82 Å². The number of rotatable bonds is 0. The minimum absolute atomic E-state index is 0. The van der Waals surface area contributed by atoms with Gasteiger partial charge < -0.3 is 35.5 Å². The Balaban J connectivity index is -0.0000000400. The molecule has 0 saturated carbocycles. The largest absolute Gasteiger partial charge is 1.00 e. The van der Waals surface area contributed by atoms with Crippen LogP contribution in [0, 0.1) is 0 Å². The van der Waals surface area contributed by atoms with Crippen LogP contribution in [0.2, 0.25) is 0 Å². The van der Waals surface area contributed by atoms with Gasteiger partial charge in [0.2, 0.25) is 0 Å². The maximum Gasteiger partial charge on any atom is 1.00 e. The van der Waals surface area contributed by atoms with Crippen molar-refractivity contribution in [1.29, 1.82) is 0 Å². The van der Waals surface area contributed by atoms with E-state index in [-0.39, 0.29) is 57.5 Å².